The van der Waals surface area contributed by atoms with Crippen molar-refractivity contribution in [3.05, 3.63) is 0 Å². The lowest BCUT2D eigenvalue weighted by atomic mass is 9.83. The van der Waals surface area contributed by atoms with Crippen LogP contribution in [0.1, 0.15) is 27.7 Å². The van der Waals surface area contributed by atoms with Gasteiger partial charge in [-0.1, -0.05) is 20.8 Å². The number of aliphatic hydroxyl groups is 1. The second-order valence-electron chi connectivity index (χ2n) is 4.28. The van der Waals surface area contributed by atoms with Gasteiger partial charge in [0.2, 0.25) is 0 Å². The molecular weight excluding hydrogens is 188 g/mol. The maximum Gasteiger partial charge on any atom is 0.335 e. The molecular formula is C8H14F4O. The lowest BCUT2D eigenvalue weighted by Gasteiger charge is -2.35. The summed E-state index contributed by atoms with van der Waals surface area (Å²) >= 11 is 0. The van der Waals surface area contributed by atoms with Crippen molar-refractivity contribution in [2.24, 2.45) is 5.41 Å². The summed E-state index contributed by atoms with van der Waals surface area (Å²) in [6.07, 6.45) is -2.36. The van der Waals surface area contributed by atoms with Crippen molar-refractivity contribution in [1.82, 2.24) is 0 Å². The van der Waals surface area contributed by atoms with E-state index in [1.165, 1.54) is 20.8 Å². The van der Waals surface area contributed by atoms with Crippen molar-refractivity contribution in [1.29, 1.82) is 0 Å². The summed E-state index contributed by atoms with van der Waals surface area (Å²) in [6, 6.07) is 0. The Labute approximate surface area is 74.8 Å². The van der Waals surface area contributed by atoms with Gasteiger partial charge < -0.3 is 5.11 Å². The quantitative estimate of drug-likeness (QED) is 0.682. The van der Waals surface area contributed by atoms with E-state index in [4.69, 9.17) is 5.11 Å². The molecule has 0 aromatic carbocycles. The van der Waals surface area contributed by atoms with Crippen LogP contribution >= 0.6 is 0 Å². The van der Waals surface area contributed by atoms with E-state index in [2.05, 4.69) is 0 Å². The molecule has 1 N–H and O–H groups in total. The Morgan fingerprint density at radius 2 is 1.23 bits per heavy atom. The zero-order chi connectivity index (χ0) is 11.1. The molecule has 0 saturated carbocycles. The lowest BCUT2D eigenvalue weighted by molar-refractivity contribution is -0.263. The molecule has 1 atom stereocenters. The Bertz CT molecular complexity index is 178. The van der Waals surface area contributed by atoms with Crippen molar-refractivity contribution in [3.8, 4) is 0 Å². The van der Waals surface area contributed by atoms with E-state index in [0.717, 1.165) is 0 Å². The normalized spacial score (nSPS) is 17.3. The van der Waals surface area contributed by atoms with Gasteiger partial charge in [-0.3, -0.25) is 0 Å². The second kappa shape index (κ2) is 3.12. The van der Waals surface area contributed by atoms with E-state index in [1.54, 1.807) is 0 Å². The van der Waals surface area contributed by atoms with Crippen LogP contribution < -0.4 is 0 Å². The van der Waals surface area contributed by atoms with Gasteiger partial charge in [0, 0.05) is 6.92 Å². The summed E-state index contributed by atoms with van der Waals surface area (Å²) in [5.74, 6) is -8.61. The van der Waals surface area contributed by atoms with Crippen LogP contribution in [0, 0.1) is 5.41 Å². The van der Waals surface area contributed by atoms with E-state index in [9.17, 15) is 17.6 Å². The molecule has 13 heavy (non-hydrogen) atoms. The largest absolute Gasteiger partial charge is 0.386 e. The molecule has 0 radical (unpaired) electrons. The highest BCUT2D eigenvalue weighted by Crippen LogP contribution is 2.42. The first-order chi connectivity index (χ1) is 5.40. The van der Waals surface area contributed by atoms with Gasteiger partial charge in [-0.25, -0.2) is 8.78 Å². The van der Waals surface area contributed by atoms with Gasteiger partial charge in [0.1, 0.15) is 6.10 Å². The van der Waals surface area contributed by atoms with Crippen LogP contribution in [0.3, 0.4) is 0 Å². The topological polar surface area (TPSA) is 20.2 Å². The average Bonchev–Trinajstić information content (AvgIpc) is 1.81. The first-order valence-electron chi connectivity index (χ1n) is 3.84. The minimum absolute atomic E-state index is 0.0992. The Hall–Kier alpha value is -0.320. The van der Waals surface area contributed by atoms with E-state index >= 15 is 0 Å². The first-order valence-corrected chi connectivity index (χ1v) is 3.84. The summed E-state index contributed by atoms with van der Waals surface area (Å²) < 4.78 is 50.4. The molecule has 0 aliphatic carbocycles. The third-order valence-corrected chi connectivity index (χ3v) is 1.75. The van der Waals surface area contributed by atoms with Gasteiger partial charge >= 0.3 is 11.8 Å². The van der Waals surface area contributed by atoms with E-state index in [-0.39, 0.29) is 6.92 Å². The molecule has 0 heterocycles. The zero-order valence-corrected chi connectivity index (χ0v) is 8.04. The van der Waals surface area contributed by atoms with E-state index in [0.29, 0.717) is 0 Å². The van der Waals surface area contributed by atoms with Crippen LogP contribution in [0.4, 0.5) is 17.6 Å². The second-order valence-corrected chi connectivity index (χ2v) is 4.28. The summed E-state index contributed by atoms with van der Waals surface area (Å²) in [6.45, 7) is 3.92. The average molecular weight is 202 g/mol. The Kier molecular flexibility index (Phi) is 3.04. The standard InChI is InChI=1S/C8H14F4O/c1-6(2,3)5(13)8(11,12)7(4,9)10/h5,13H,1-4H3. The minimum atomic E-state index is -4.40. The highest BCUT2D eigenvalue weighted by atomic mass is 19.3. The molecule has 0 amide bonds. The Balaban J connectivity index is 4.86. The summed E-state index contributed by atoms with van der Waals surface area (Å²) in [4.78, 5) is 0. The number of aliphatic hydroxyl groups excluding tert-OH is 1. The monoisotopic (exact) mass is 202 g/mol. The van der Waals surface area contributed by atoms with Crippen molar-refractivity contribution >= 4 is 0 Å². The zero-order valence-electron chi connectivity index (χ0n) is 8.04. The fourth-order valence-corrected chi connectivity index (χ4v) is 0.784. The molecule has 5 heteroatoms. The van der Waals surface area contributed by atoms with Crippen LogP contribution in [0.2, 0.25) is 0 Å². The van der Waals surface area contributed by atoms with Gasteiger partial charge in [-0.2, -0.15) is 8.78 Å². The number of rotatable bonds is 2. The molecule has 0 saturated heterocycles. The van der Waals surface area contributed by atoms with Crippen LogP contribution in [-0.4, -0.2) is 23.1 Å². The first kappa shape index (κ1) is 12.7. The van der Waals surface area contributed by atoms with Crippen LogP contribution in [0.25, 0.3) is 0 Å². The van der Waals surface area contributed by atoms with Crippen molar-refractivity contribution in [2.75, 3.05) is 0 Å². The molecule has 0 bridgehead atoms. The van der Waals surface area contributed by atoms with Crippen LogP contribution in [0.15, 0.2) is 0 Å². The molecule has 0 spiro atoms. The summed E-state index contributed by atoms with van der Waals surface area (Å²) in [5.41, 5.74) is -1.27. The van der Waals surface area contributed by atoms with Gasteiger partial charge in [0.25, 0.3) is 0 Å². The number of hydrogen-bond acceptors (Lipinski definition) is 1. The maximum absolute atomic E-state index is 12.8. The Morgan fingerprint density at radius 1 is 0.923 bits per heavy atom. The van der Waals surface area contributed by atoms with Crippen LogP contribution in [0.5, 0.6) is 0 Å². The molecule has 1 nitrogen and oxygen atoms in total. The number of hydrogen-bond donors (Lipinski definition) is 1. The van der Waals surface area contributed by atoms with Gasteiger partial charge in [-0.15, -0.1) is 0 Å². The molecule has 80 valence electrons. The third kappa shape index (κ3) is 2.56. The van der Waals surface area contributed by atoms with E-state index in [1.807, 2.05) is 0 Å². The van der Waals surface area contributed by atoms with Crippen LogP contribution in [-0.2, 0) is 0 Å². The molecule has 1 unspecified atom stereocenters. The molecule has 0 aromatic heterocycles. The smallest absolute Gasteiger partial charge is 0.335 e. The van der Waals surface area contributed by atoms with Crippen molar-refractivity contribution in [2.45, 2.75) is 45.6 Å². The predicted molar refractivity (Wildman–Crippen MR) is 41.0 cm³/mol. The highest BCUT2D eigenvalue weighted by molar-refractivity contribution is 4.93. The van der Waals surface area contributed by atoms with Gasteiger partial charge in [0.05, 0.1) is 0 Å². The lowest BCUT2D eigenvalue weighted by Crippen LogP contribution is -2.53. The Morgan fingerprint density at radius 3 is 1.31 bits per heavy atom. The van der Waals surface area contributed by atoms with Crippen molar-refractivity contribution in [3.63, 3.8) is 0 Å². The molecule has 0 aromatic rings. The summed E-state index contributed by atoms with van der Waals surface area (Å²) in [7, 11) is 0. The van der Waals surface area contributed by atoms with E-state index < -0.39 is 23.4 Å². The highest BCUT2D eigenvalue weighted by Gasteiger charge is 2.60. The molecule has 0 aliphatic heterocycles. The fourth-order valence-electron chi connectivity index (χ4n) is 0.784. The SMILES string of the molecule is CC(C)(C)C(O)C(F)(F)C(C)(F)F. The van der Waals surface area contributed by atoms with Gasteiger partial charge in [0.15, 0.2) is 0 Å². The number of halogens is 4. The predicted octanol–water partition coefficient (Wildman–Crippen LogP) is 2.68. The third-order valence-electron chi connectivity index (χ3n) is 1.75. The fraction of sp³-hybridized carbons (Fsp3) is 1.00. The summed E-state index contributed by atoms with van der Waals surface area (Å²) in [5, 5.41) is 9.02. The minimum Gasteiger partial charge on any atom is -0.386 e. The maximum atomic E-state index is 12.8. The molecule has 0 fully saturated rings. The molecule has 0 rings (SSSR count). The molecule has 0 aliphatic rings. The van der Waals surface area contributed by atoms with Gasteiger partial charge in [-0.05, 0) is 5.41 Å². The van der Waals surface area contributed by atoms with Crippen molar-refractivity contribution < 1.29 is 22.7 Å². The number of alkyl halides is 4.